The molecule has 0 saturated heterocycles. The topological polar surface area (TPSA) is 58.4 Å². The maximum atomic E-state index is 12.0. The number of hydrogen-bond donors (Lipinski definition) is 2. The van der Waals surface area contributed by atoms with Gasteiger partial charge in [-0.15, -0.1) is 0 Å². The minimum Gasteiger partial charge on any atom is -0.399 e. The first-order valence-corrected chi connectivity index (χ1v) is 6.82. The van der Waals surface area contributed by atoms with E-state index in [-0.39, 0.29) is 18.0 Å². The summed E-state index contributed by atoms with van der Waals surface area (Å²) in [6.45, 7) is 9.54. The molecule has 4 nitrogen and oxygen atoms in total. The number of benzene rings is 1. The van der Waals surface area contributed by atoms with E-state index < -0.39 is 0 Å². The molecule has 0 fully saturated rings. The van der Waals surface area contributed by atoms with Crippen molar-refractivity contribution >= 4 is 11.6 Å². The van der Waals surface area contributed by atoms with Crippen LogP contribution in [0.4, 0.5) is 5.69 Å². The Bertz CT molecular complexity index is 400. The molecule has 0 aliphatic heterocycles. The standard InChI is InChI=1S/C15H25N3O/c1-5-18(12(4)15(19)17-11(2)3)10-13-6-8-14(16)9-7-13/h6-9,11-12H,5,10,16H2,1-4H3,(H,17,19). The number of hydrogen-bond acceptors (Lipinski definition) is 3. The van der Waals surface area contributed by atoms with Crippen LogP contribution in [0.25, 0.3) is 0 Å². The van der Waals surface area contributed by atoms with Crippen molar-refractivity contribution in [2.24, 2.45) is 0 Å². The van der Waals surface area contributed by atoms with E-state index in [1.165, 1.54) is 5.56 Å². The molecule has 1 aromatic rings. The van der Waals surface area contributed by atoms with E-state index in [1.54, 1.807) is 0 Å². The summed E-state index contributed by atoms with van der Waals surface area (Å²) in [6, 6.07) is 7.83. The third kappa shape index (κ3) is 4.91. The number of likely N-dealkylation sites (N-methyl/N-ethyl adjacent to an activating group) is 1. The van der Waals surface area contributed by atoms with Crippen molar-refractivity contribution in [3.05, 3.63) is 29.8 Å². The summed E-state index contributed by atoms with van der Waals surface area (Å²) in [5.74, 6) is 0.0762. The van der Waals surface area contributed by atoms with Crippen LogP contribution in [0.5, 0.6) is 0 Å². The summed E-state index contributed by atoms with van der Waals surface area (Å²) < 4.78 is 0. The number of carbonyl (C=O) groups is 1. The fraction of sp³-hybridized carbons (Fsp3) is 0.533. The Balaban J connectivity index is 2.66. The van der Waals surface area contributed by atoms with Crippen molar-refractivity contribution < 1.29 is 4.79 Å². The molecular weight excluding hydrogens is 238 g/mol. The first-order valence-electron chi connectivity index (χ1n) is 6.82. The number of rotatable bonds is 6. The van der Waals surface area contributed by atoms with Gasteiger partial charge in [0.25, 0.3) is 0 Å². The Kier molecular flexibility index (Phi) is 5.83. The summed E-state index contributed by atoms with van der Waals surface area (Å²) in [5.41, 5.74) is 7.60. The number of amides is 1. The van der Waals surface area contributed by atoms with E-state index in [9.17, 15) is 4.79 Å². The molecule has 19 heavy (non-hydrogen) atoms. The quantitative estimate of drug-likeness (QED) is 0.772. The maximum Gasteiger partial charge on any atom is 0.237 e. The van der Waals surface area contributed by atoms with Gasteiger partial charge in [0.2, 0.25) is 5.91 Å². The van der Waals surface area contributed by atoms with Crippen LogP contribution >= 0.6 is 0 Å². The van der Waals surface area contributed by atoms with Crippen molar-refractivity contribution in [3.63, 3.8) is 0 Å². The van der Waals surface area contributed by atoms with Crippen molar-refractivity contribution in [2.75, 3.05) is 12.3 Å². The molecule has 0 heterocycles. The van der Waals surface area contributed by atoms with Gasteiger partial charge >= 0.3 is 0 Å². The van der Waals surface area contributed by atoms with Gasteiger partial charge in [0.1, 0.15) is 0 Å². The molecule has 0 saturated carbocycles. The molecule has 0 bridgehead atoms. The number of nitrogens with zero attached hydrogens (tertiary/aromatic N) is 1. The van der Waals surface area contributed by atoms with E-state index in [1.807, 2.05) is 45.0 Å². The molecule has 3 N–H and O–H groups in total. The lowest BCUT2D eigenvalue weighted by molar-refractivity contribution is -0.126. The molecule has 106 valence electrons. The van der Waals surface area contributed by atoms with Crippen molar-refractivity contribution in [1.29, 1.82) is 0 Å². The van der Waals surface area contributed by atoms with Gasteiger partial charge in [-0.05, 0) is 45.0 Å². The van der Waals surface area contributed by atoms with Crippen LogP contribution in [-0.4, -0.2) is 29.4 Å². The minimum atomic E-state index is -0.134. The Morgan fingerprint density at radius 2 is 1.84 bits per heavy atom. The van der Waals surface area contributed by atoms with Gasteiger partial charge in [-0.1, -0.05) is 19.1 Å². The predicted octanol–water partition coefficient (Wildman–Crippen LogP) is 2.00. The lowest BCUT2D eigenvalue weighted by Crippen LogP contribution is -2.46. The van der Waals surface area contributed by atoms with Crippen LogP contribution in [-0.2, 0) is 11.3 Å². The predicted molar refractivity (Wildman–Crippen MR) is 79.7 cm³/mol. The van der Waals surface area contributed by atoms with E-state index in [4.69, 9.17) is 5.73 Å². The van der Waals surface area contributed by atoms with Gasteiger partial charge in [-0.3, -0.25) is 9.69 Å². The van der Waals surface area contributed by atoms with Crippen molar-refractivity contribution in [2.45, 2.75) is 46.3 Å². The number of nitrogen functional groups attached to an aromatic ring is 1. The normalized spacial score (nSPS) is 12.7. The molecule has 0 spiro atoms. The minimum absolute atomic E-state index is 0.0762. The Labute approximate surface area is 116 Å². The molecule has 0 aliphatic rings. The van der Waals surface area contributed by atoms with E-state index >= 15 is 0 Å². The maximum absolute atomic E-state index is 12.0. The zero-order valence-corrected chi connectivity index (χ0v) is 12.3. The highest BCUT2D eigenvalue weighted by Crippen LogP contribution is 2.11. The fourth-order valence-corrected chi connectivity index (χ4v) is 1.95. The number of nitrogens with two attached hydrogens (primary N) is 1. The van der Waals surface area contributed by atoms with Gasteiger partial charge in [0.05, 0.1) is 6.04 Å². The van der Waals surface area contributed by atoms with E-state index in [2.05, 4.69) is 17.1 Å². The van der Waals surface area contributed by atoms with Crippen LogP contribution < -0.4 is 11.1 Å². The highest BCUT2D eigenvalue weighted by Gasteiger charge is 2.20. The SMILES string of the molecule is CCN(Cc1ccc(N)cc1)C(C)C(=O)NC(C)C. The third-order valence-electron chi connectivity index (χ3n) is 3.13. The van der Waals surface area contributed by atoms with Crippen molar-refractivity contribution in [1.82, 2.24) is 10.2 Å². The lowest BCUT2D eigenvalue weighted by atomic mass is 10.1. The Hall–Kier alpha value is -1.55. The largest absolute Gasteiger partial charge is 0.399 e. The van der Waals surface area contributed by atoms with Crippen LogP contribution in [0.3, 0.4) is 0 Å². The van der Waals surface area contributed by atoms with Gasteiger partial charge < -0.3 is 11.1 Å². The first-order chi connectivity index (χ1) is 8.93. The van der Waals surface area contributed by atoms with Crippen LogP contribution in [0.1, 0.15) is 33.3 Å². The molecule has 1 amide bonds. The fourth-order valence-electron chi connectivity index (χ4n) is 1.95. The first kappa shape index (κ1) is 15.5. The highest BCUT2D eigenvalue weighted by molar-refractivity contribution is 5.81. The summed E-state index contributed by atoms with van der Waals surface area (Å²) in [6.07, 6.45) is 0. The van der Waals surface area contributed by atoms with Crippen LogP contribution in [0, 0.1) is 0 Å². The summed E-state index contributed by atoms with van der Waals surface area (Å²) in [7, 11) is 0. The average molecular weight is 263 g/mol. The monoisotopic (exact) mass is 263 g/mol. The highest BCUT2D eigenvalue weighted by atomic mass is 16.2. The third-order valence-corrected chi connectivity index (χ3v) is 3.13. The molecule has 0 aliphatic carbocycles. The second-order valence-electron chi connectivity index (χ2n) is 5.14. The zero-order chi connectivity index (χ0) is 14.4. The number of nitrogens with one attached hydrogen (secondary N) is 1. The number of anilines is 1. The molecule has 4 heteroatoms. The van der Waals surface area contributed by atoms with Crippen molar-refractivity contribution in [3.8, 4) is 0 Å². The van der Waals surface area contributed by atoms with Gasteiger partial charge in [-0.2, -0.15) is 0 Å². The molecule has 1 aromatic carbocycles. The molecule has 0 radical (unpaired) electrons. The molecule has 1 rings (SSSR count). The molecule has 1 unspecified atom stereocenters. The summed E-state index contributed by atoms with van der Waals surface area (Å²) in [5, 5.41) is 2.95. The van der Waals surface area contributed by atoms with Gasteiger partial charge in [0.15, 0.2) is 0 Å². The number of carbonyl (C=O) groups excluding carboxylic acids is 1. The lowest BCUT2D eigenvalue weighted by Gasteiger charge is -2.27. The molecule has 1 atom stereocenters. The molecular formula is C15H25N3O. The summed E-state index contributed by atoms with van der Waals surface area (Å²) >= 11 is 0. The van der Waals surface area contributed by atoms with Crippen LogP contribution in [0.15, 0.2) is 24.3 Å². The van der Waals surface area contributed by atoms with Crippen LogP contribution in [0.2, 0.25) is 0 Å². The summed E-state index contributed by atoms with van der Waals surface area (Å²) in [4.78, 5) is 14.2. The zero-order valence-electron chi connectivity index (χ0n) is 12.3. The van der Waals surface area contributed by atoms with Gasteiger partial charge in [-0.25, -0.2) is 0 Å². The van der Waals surface area contributed by atoms with Gasteiger partial charge in [0, 0.05) is 18.3 Å². The smallest absolute Gasteiger partial charge is 0.237 e. The van der Waals surface area contributed by atoms with E-state index in [0.717, 1.165) is 18.8 Å². The molecule has 0 aromatic heterocycles. The average Bonchev–Trinajstić information content (AvgIpc) is 2.36. The Morgan fingerprint density at radius 1 is 1.26 bits per heavy atom. The van der Waals surface area contributed by atoms with E-state index in [0.29, 0.717) is 0 Å². The second kappa shape index (κ2) is 7.14. The second-order valence-corrected chi connectivity index (χ2v) is 5.14. The Morgan fingerprint density at radius 3 is 2.32 bits per heavy atom.